The van der Waals surface area contributed by atoms with E-state index in [0.29, 0.717) is 4.48 Å². The monoisotopic (exact) mass is 198 g/mol. The molecule has 1 atom stereocenters. The molecule has 1 N–H and O–H groups in total. The molecule has 0 aliphatic carbocycles. The predicted octanol–water partition coefficient (Wildman–Crippen LogP) is 1.44. The highest BCUT2D eigenvalue weighted by Crippen LogP contribution is 2.50. The Labute approximate surface area is 55.0 Å². The maximum absolute atomic E-state index is 10.5. The van der Waals surface area contributed by atoms with Gasteiger partial charge in [-0.1, -0.05) is 15.9 Å². The molecule has 1 unspecified atom stereocenters. The summed E-state index contributed by atoms with van der Waals surface area (Å²) in [6.07, 6.45) is 0. The fraction of sp³-hybridized carbons (Fsp3) is 0.333. The van der Waals surface area contributed by atoms with Crippen LogP contribution in [0.3, 0.4) is 0 Å². The molecular weight excluding hydrogens is 195 g/mol. The highest BCUT2D eigenvalue weighted by Gasteiger charge is 2.22. The van der Waals surface area contributed by atoms with E-state index in [9.17, 15) is 4.57 Å². The van der Waals surface area contributed by atoms with Gasteiger partial charge in [-0.3, -0.25) is 4.57 Å². The van der Waals surface area contributed by atoms with Gasteiger partial charge in [0.05, 0.1) is 6.61 Å². The van der Waals surface area contributed by atoms with Crippen molar-refractivity contribution in [3.05, 3.63) is 10.3 Å². The highest BCUT2D eigenvalue weighted by atomic mass is 79.9. The lowest BCUT2D eigenvalue weighted by Gasteiger charge is -1.94. The zero-order chi connectivity index (χ0) is 6.20. The molecule has 3 nitrogen and oxygen atoms in total. The number of rotatable bonds is 0. The summed E-state index contributed by atoms with van der Waals surface area (Å²) < 4.78 is 15.5. The zero-order valence-electron chi connectivity index (χ0n) is 3.87. The van der Waals surface area contributed by atoms with Crippen LogP contribution >= 0.6 is 23.5 Å². The first-order valence-corrected chi connectivity index (χ1v) is 4.38. The van der Waals surface area contributed by atoms with Crippen LogP contribution in [0.25, 0.3) is 0 Å². The van der Waals surface area contributed by atoms with Crippen LogP contribution in [0.15, 0.2) is 10.3 Å². The maximum Gasteiger partial charge on any atom is 0.352 e. The number of hydrogen-bond acceptors (Lipinski definition) is 2. The average Bonchev–Trinajstić information content (AvgIpc) is 1.82. The molecule has 5 heteroatoms. The van der Waals surface area contributed by atoms with Crippen molar-refractivity contribution in [1.29, 1.82) is 0 Å². The van der Waals surface area contributed by atoms with Crippen molar-refractivity contribution in [3.63, 3.8) is 0 Å². The number of halogens is 1. The molecule has 1 aliphatic heterocycles. The van der Waals surface area contributed by atoms with Gasteiger partial charge >= 0.3 is 7.60 Å². The lowest BCUT2D eigenvalue weighted by molar-refractivity contribution is 0.307. The summed E-state index contributed by atoms with van der Waals surface area (Å²) >= 11 is 3.02. The minimum atomic E-state index is -3.31. The van der Waals surface area contributed by atoms with E-state index in [-0.39, 0.29) is 6.61 Å². The SMILES string of the molecule is O=P1(O)C=C(Br)CO1. The molecule has 0 saturated carbocycles. The summed E-state index contributed by atoms with van der Waals surface area (Å²) in [4.78, 5) is 8.59. The Morgan fingerprint density at radius 1 is 2.00 bits per heavy atom. The second-order valence-corrected chi connectivity index (χ2v) is 4.08. The summed E-state index contributed by atoms with van der Waals surface area (Å²) in [7, 11) is -3.31. The van der Waals surface area contributed by atoms with Gasteiger partial charge in [0.25, 0.3) is 0 Å². The van der Waals surface area contributed by atoms with Gasteiger partial charge in [-0.05, 0) is 0 Å². The van der Waals surface area contributed by atoms with Crippen molar-refractivity contribution < 1.29 is 14.0 Å². The van der Waals surface area contributed by atoms with Crippen LogP contribution < -0.4 is 0 Å². The smallest absolute Gasteiger partial charge is 0.321 e. The third-order valence-electron chi connectivity index (χ3n) is 0.691. The summed E-state index contributed by atoms with van der Waals surface area (Å²) in [6.45, 7) is 0.216. The van der Waals surface area contributed by atoms with Gasteiger partial charge in [-0.2, -0.15) is 0 Å². The Balaban J connectivity index is 2.82. The molecule has 1 rings (SSSR count). The van der Waals surface area contributed by atoms with Gasteiger partial charge < -0.3 is 9.42 Å². The van der Waals surface area contributed by atoms with Gasteiger partial charge in [0.1, 0.15) is 0 Å². The molecule has 0 bridgehead atoms. The molecule has 0 saturated heterocycles. The molecule has 0 aromatic heterocycles. The first kappa shape index (κ1) is 6.49. The van der Waals surface area contributed by atoms with Crippen molar-refractivity contribution in [3.8, 4) is 0 Å². The normalized spacial score (nSPS) is 37.5. The largest absolute Gasteiger partial charge is 0.352 e. The van der Waals surface area contributed by atoms with E-state index in [0.717, 1.165) is 0 Å². The Bertz CT molecular complexity index is 175. The first-order chi connectivity index (χ1) is 3.60. The van der Waals surface area contributed by atoms with Crippen molar-refractivity contribution >= 4 is 23.5 Å². The summed E-state index contributed by atoms with van der Waals surface area (Å²) in [5.41, 5.74) is 0. The molecule has 46 valence electrons. The zero-order valence-corrected chi connectivity index (χ0v) is 6.35. The van der Waals surface area contributed by atoms with E-state index in [1.807, 2.05) is 0 Å². The van der Waals surface area contributed by atoms with E-state index >= 15 is 0 Å². The third kappa shape index (κ3) is 1.42. The molecule has 1 aliphatic rings. The summed E-state index contributed by atoms with van der Waals surface area (Å²) in [5.74, 6) is 1.19. The average molecular weight is 199 g/mol. The number of hydrogen-bond donors (Lipinski definition) is 1. The molecule has 1 heterocycles. The maximum atomic E-state index is 10.5. The van der Waals surface area contributed by atoms with Crippen molar-refractivity contribution in [2.75, 3.05) is 6.61 Å². The molecule has 0 fully saturated rings. The molecular formula is C3H4BrO3P. The van der Waals surface area contributed by atoms with Crippen LogP contribution in [-0.4, -0.2) is 11.5 Å². The van der Waals surface area contributed by atoms with Crippen molar-refractivity contribution in [1.82, 2.24) is 0 Å². The van der Waals surface area contributed by atoms with Crippen LogP contribution in [0.2, 0.25) is 0 Å². The van der Waals surface area contributed by atoms with Gasteiger partial charge in [-0.25, -0.2) is 0 Å². The van der Waals surface area contributed by atoms with E-state index in [1.54, 1.807) is 0 Å². The second-order valence-electron chi connectivity index (χ2n) is 1.41. The topological polar surface area (TPSA) is 46.5 Å². The molecule has 0 radical (unpaired) electrons. The van der Waals surface area contributed by atoms with Crippen molar-refractivity contribution in [2.45, 2.75) is 0 Å². The standard InChI is InChI=1S/C3H4BrO3P/c4-3-1-7-8(5,6)2-3/h2H,1H2,(H,5,6). The highest BCUT2D eigenvalue weighted by molar-refractivity contribution is 9.11. The van der Waals surface area contributed by atoms with E-state index < -0.39 is 7.60 Å². The minimum Gasteiger partial charge on any atom is -0.321 e. The van der Waals surface area contributed by atoms with E-state index in [1.165, 1.54) is 5.82 Å². The van der Waals surface area contributed by atoms with Crippen molar-refractivity contribution in [2.24, 2.45) is 0 Å². The van der Waals surface area contributed by atoms with Crippen LogP contribution in [-0.2, 0) is 9.09 Å². The van der Waals surface area contributed by atoms with Crippen LogP contribution in [0.1, 0.15) is 0 Å². The predicted molar refractivity (Wildman–Crippen MR) is 32.8 cm³/mol. The van der Waals surface area contributed by atoms with E-state index in [2.05, 4.69) is 20.5 Å². The fourth-order valence-electron chi connectivity index (χ4n) is 0.406. The quantitative estimate of drug-likeness (QED) is 0.600. The minimum absolute atomic E-state index is 0.216. The van der Waals surface area contributed by atoms with Crippen LogP contribution in [0.4, 0.5) is 0 Å². The van der Waals surface area contributed by atoms with Crippen LogP contribution in [0.5, 0.6) is 0 Å². The molecule has 0 amide bonds. The van der Waals surface area contributed by atoms with E-state index in [4.69, 9.17) is 4.89 Å². The second kappa shape index (κ2) is 1.95. The molecule has 0 spiro atoms. The van der Waals surface area contributed by atoms with Gasteiger partial charge in [0.2, 0.25) is 0 Å². The Morgan fingerprint density at radius 2 is 2.62 bits per heavy atom. The summed E-state index contributed by atoms with van der Waals surface area (Å²) in [5, 5.41) is 0. The lowest BCUT2D eigenvalue weighted by Crippen LogP contribution is -1.77. The van der Waals surface area contributed by atoms with Gasteiger partial charge in [-0.15, -0.1) is 0 Å². The molecule has 8 heavy (non-hydrogen) atoms. The Kier molecular flexibility index (Phi) is 1.59. The lowest BCUT2D eigenvalue weighted by atomic mass is 10.7. The molecule has 0 aromatic rings. The van der Waals surface area contributed by atoms with Crippen LogP contribution in [0, 0.1) is 0 Å². The fourth-order valence-corrected chi connectivity index (χ4v) is 2.30. The van der Waals surface area contributed by atoms with Gasteiger partial charge in [0.15, 0.2) is 0 Å². The van der Waals surface area contributed by atoms with Gasteiger partial charge in [0, 0.05) is 10.3 Å². The third-order valence-corrected chi connectivity index (χ3v) is 2.64. The molecule has 0 aromatic carbocycles. The Hall–Kier alpha value is 0.370. The first-order valence-electron chi connectivity index (χ1n) is 1.94. The Morgan fingerprint density at radius 3 is 2.75 bits per heavy atom. The summed E-state index contributed by atoms with van der Waals surface area (Å²) in [6, 6.07) is 0.